The highest BCUT2D eigenvalue weighted by Gasteiger charge is 2.27. The van der Waals surface area contributed by atoms with Crippen LogP contribution < -0.4 is 10.2 Å². The topological polar surface area (TPSA) is 83.1 Å². The lowest BCUT2D eigenvalue weighted by molar-refractivity contribution is 0.0952. The van der Waals surface area contributed by atoms with Crippen molar-refractivity contribution in [2.75, 3.05) is 45.3 Å². The van der Waals surface area contributed by atoms with E-state index in [2.05, 4.69) is 59.7 Å². The molecule has 0 aromatic heterocycles. The van der Waals surface area contributed by atoms with Gasteiger partial charge in [0, 0.05) is 44.0 Å². The van der Waals surface area contributed by atoms with Gasteiger partial charge in [-0.1, -0.05) is 26.2 Å². The van der Waals surface area contributed by atoms with E-state index < -0.39 is 8.53 Å². The Kier molecular flexibility index (Phi) is 17.0. The Labute approximate surface area is 260 Å². The van der Waals surface area contributed by atoms with Crippen LogP contribution in [0.5, 0.6) is 0 Å². The van der Waals surface area contributed by atoms with E-state index in [0.29, 0.717) is 44.0 Å². The summed E-state index contributed by atoms with van der Waals surface area (Å²) >= 11 is 0. The molecule has 0 saturated carbocycles. The van der Waals surface area contributed by atoms with Gasteiger partial charge in [-0.05, 0) is 95.0 Å². The van der Waals surface area contributed by atoms with Crippen molar-refractivity contribution >= 4 is 31.5 Å². The highest BCUT2D eigenvalue weighted by atomic mass is 31.2. The minimum Gasteiger partial charge on any atom is -0.378 e. The van der Waals surface area contributed by atoms with Crippen LogP contribution in [0.1, 0.15) is 82.6 Å². The van der Waals surface area contributed by atoms with E-state index in [4.69, 9.17) is 15.6 Å². The SMILES string of the molecule is [C-]#[N+]CCOP(OCCCCCCNC(=O)c1ccc(N=Nc2ccc(N(C)C)cc2)c(CCC)c1)N(C(C)C)C(C)C. The molecule has 0 saturated heterocycles. The second-order valence-electron chi connectivity index (χ2n) is 11.2. The maximum absolute atomic E-state index is 12.8. The van der Waals surface area contributed by atoms with E-state index in [1.165, 1.54) is 0 Å². The number of unbranched alkanes of at least 4 members (excludes halogenated alkanes) is 3. The van der Waals surface area contributed by atoms with Crippen LogP contribution in [0.25, 0.3) is 4.85 Å². The fourth-order valence-electron chi connectivity index (χ4n) is 4.56. The zero-order chi connectivity index (χ0) is 31.6. The zero-order valence-electron chi connectivity index (χ0n) is 27.2. The highest BCUT2D eigenvalue weighted by Crippen LogP contribution is 2.45. The lowest BCUT2D eigenvalue weighted by atomic mass is 10.0. The van der Waals surface area contributed by atoms with Crippen molar-refractivity contribution in [1.82, 2.24) is 9.99 Å². The van der Waals surface area contributed by atoms with Gasteiger partial charge >= 0.3 is 0 Å². The number of carbonyl (C=O) groups is 1. The number of azo groups is 1. The maximum atomic E-state index is 12.8. The third kappa shape index (κ3) is 13.1. The molecule has 1 amide bonds. The average molecular weight is 611 g/mol. The molecular weight excluding hydrogens is 559 g/mol. The summed E-state index contributed by atoms with van der Waals surface area (Å²) in [4.78, 5) is 18.3. The molecule has 0 fully saturated rings. The number of carbonyl (C=O) groups excluding carboxylic acids is 1. The third-order valence-corrected chi connectivity index (χ3v) is 8.82. The van der Waals surface area contributed by atoms with Crippen LogP contribution in [-0.4, -0.2) is 63.1 Å². The molecule has 1 N–H and O–H groups in total. The van der Waals surface area contributed by atoms with Crippen LogP contribution in [0.15, 0.2) is 52.7 Å². The molecule has 0 aliphatic rings. The fourth-order valence-corrected chi connectivity index (χ4v) is 6.18. The monoisotopic (exact) mass is 610 g/mol. The molecule has 236 valence electrons. The summed E-state index contributed by atoms with van der Waals surface area (Å²) in [5, 5.41) is 12.0. The Bertz CT molecular complexity index is 1160. The normalized spacial score (nSPS) is 12.3. The molecule has 0 heterocycles. The Hall–Kier alpha value is -2.89. The van der Waals surface area contributed by atoms with Crippen LogP contribution in [0.4, 0.5) is 17.1 Å². The van der Waals surface area contributed by atoms with Gasteiger partial charge in [0.15, 0.2) is 0 Å². The van der Waals surface area contributed by atoms with E-state index in [1.807, 2.05) is 61.5 Å². The standard InChI is InChI=1S/C33H51N6O3P/c1-9-14-28-25-29(15-20-32(28)37-36-30-16-18-31(19-17-30)38(7)8)33(40)35-21-12-10-11-13-23-41-43(42-24-22-34-6)39(26(2)3)27(4)5/h15-20,25-27H,9-14,21-24H2,1-5,7-8H3,(H,35,40). The summed E-state index contributed by atoms with van der Waals surface area (Å²) < 4.78 is 14.4. The second kappa shape index (κ2) is 20.1. The van der Waals surface area contributed by atoms with Crippen molar-refractivity contribution in [1.29, 1.82) is 0 Å². The van der Waals surface area contributed by atoms with Crippen LogP contribution in [-0.2, 0) is 15.5 Å². The molecule has 0 bridgehead atoms. The summed E-state index contributed by atoms with van der Waals surface area (Å²) in [5.74, 6) is -0.0619. The van der Waals surface area contributed by atoms with Gasteiger partial charge in [0.2, 0.25) is 6.54 Å². The molecule has 1 unspecified atom stereocenters. The number of benzene rings is 2. The first-order chi connectivity index (χ1) is 20.7. The molecule has 2 aromatic rings. The molecule has 1 atom stereocenters. The highest BCUT2D eigenvalue weighted by molar-refractivity contribution is 7.44. The Morgan fingerprint density at radius 1 is 0.953 bits per heavy atom. The van der Waals surface area contributed by atoms with Gasteiger partial charge in [0.05, 0.1) is 18.0 Å². The number of amides is 1. The van der Waals surface area contributed by atoms with Crippen molar-refractivity contribution in [3.8, 4) is 0 Å². The molecule has 0 radical (unpaired) electrons. The smallest absolute Gasteiger partial charge is 0.259 e. The second-order valence-corrected chi connectivity index (χ2v) is 12.7. The number of rotatable bonds is 20. The molecule has 9 nitrogen and oxygen atoms in total. The summed E-state index contributed by atoms with van der Waals surface area (Å²) in [6, 6.07) is 14.2. The van der Waals surface area contributed by atoms with Crippen LogP contribution in [0.2, 0.25) is 0 Å². The van der Waals surface area contributed by atoms with Crippen molar-refractivity contribution in [3.05, 3.63) is 65.0 Å². The van der Waals surface area contributed by atoms with Crippen LogP contribution in [0.3, 0.4) is 0 Å². The summed E-state index contributed by atoms with van der Waals surface area (Å²) in [6.07, 6.45) is 5.65. The summed E-state index contributed by atoms with van der Waals surface area (Å²) in [6.45, 7) is 19.7. The summed E-state index contributed by atoms with van der Waals surface area (Å²) in [5.41, 5.74) is 4.37. The van der Waals surface area contributed by atoms with Gasteiger partial charge < -0.3 is 24.1 Å². The van der Waals surface area contributed by atoms with Gasteiger partial charge in [0.1, 0.15) is 6.61 Å². The van der Waals surface area contributed by atoms with E-state index in [-0.39, 0.29) is 5.91 Å². The number of nitrogens with one attached hydrogen (secondary N) is 1. The minimum absolute atomic E-state index is 0.0619. The number of anilines is 1. The molecule has 0 aliphatic carbocycles. The predicted molar refractivity (Wildman–Crippen MR) is 179 cm³/mol. The lowest BCUT2D eigenvalue weighted by Gasteiger charge is -2.35. The van der Waals surface area contributed by atoms with Crippen molar-refractivity contribution in [3.63, 3.8) is 0 Å². The van der Waals surface area contributed by atoms with Gasteiger partial charge in [0.25, 0.3) is 14.4 Å². The quantitative estimate of drug-likeness (QED) is 0.0702. The fraction of sp³-hybridized carbons (Fsp3) is 0.576. The van der Waals surface area contributed by atoms with Gasteiger partial charge in [-0.2, -0.15) is 10.2 Å². The van der Waals surface area contributed by atoms with Crippen molar-refractivity contribution in [2.24, 2.45) is 10.2 Å². The molecule has 43 heavy (non-hydrogen) atoms. The van der Waals surface area contributed by atoms with Crippen molar-refractivity contribution in [2.45, 2.75) is 85.2 Å². The largest absolute Gasteiger partial charge is 0.378 e. The molecular formula is C33H51N6O3P. The van der Waals surface area contributed by atoms with Gasteiger partial charge in [-0.3, -0.25) is 4.79 Å². The van der Waals surface area contributed by atoms with E-state index in [0.717, 1.165) is 61.2 Å². The lowest BCUT2D eigenvalue weighted by Crippen LogP contribution is -2.33. The molecule has 2 aromatic carbocycles. The van der Waals surface area contributed by atoms with Gasteiger partial charge in [-0.25, -0.2) is 11.2 Å². The Morgan fingerprint density at radius 3 is 2.26 bits per heavy atom. The molecule has 0 aliphatic heterocycles. The third-order valence-electron chi connectivity index (χ3n) is 6.71. The van der Waals surface area contributed by atoms with Crippen LogP contribution in [0, 0.1) is 6.57 Å². The Morgan fingerprint density at radius 2 is 1.63 bits per heavy atom. The van der Waals surface area contributed by atoms with Crippen LogP contribution >= 0.6 is 8.53 Å². The number of hydrogen-bond donors (Lipinski definition) is 1. The number of hydrogen-bond acceptors (Lipinski definition) is 7. The first-order valence-corrected chi connectivity index (χ1v) is 16.6. The van der Waals surface area contributed by atoms with E-state index >= 15 is 0 Å². The van der Waals surface area contributed by atoms with E-state index in [1.54, 1.807) is 0 Å². The summed E-state index contributed by atoms with van der Waals surface area (Å²) in [7, 11) is 2.83. The zero-order valence-corrected chi connectivity index (χ0v) is 28.1. The van der Waals surface area contributed by atoms with Gasteiger partial charge in [-0.15, -0.1) is 0 Å². The first-order valence-electron chi connectivity index (χ1n) is 15.5. The maximum Gasteiger partial charge on any atom is 0.259 e. The minimum atomic E-state index is -1.18. The predicted octanol–water partition coefficient (Wildman–Crippen LogP) is 8.71. The number of aryl methyl sites for hydroxylation is 1. The molecule has 2 rings (SSSR count). The Balaban J connectivity index is 1.79. The number of nitrogens with zero attached hydrogens (tertiary/aromatic N) is 5. The van der Waals surface area contributed by atoms with Crippen molar-refractivity contribution < 1.29 is 13.8 Å². The first kappa shape index (κ1) is 36.3. The molecule has 0 spiro atoms. The molecule has 10 heteroatoms. The van der Waals surface area contributed by atoms with E-state index in [9.17, 15) is 4.79 Å². The average Bonchev–Trinajstić information content (AvgIpc) is 2.97.